The van der Waals surface area contributed by atoms with E-state index in [1.165, 1.54) is 5.56 Å². The Morgan fingerprint density at radius 2 is 2.00 bits per heavy atom. The van der Waals surface area contributed by atoms with Crippen molar-refractivity contribution in [3.05, 3.63) is 39.2 Å². The molecule has 78 valence electrons. The minimum absolute atomic E-state index is 0.983. The maximum Gasteiger partial charge on any atom is 0.112 e. The summed E-state index contributed by atoms with van der Waals surface area (Å²) in [6.45, 7) is 2.09. The molecule has 2 nitrogen and oxygen atoms in total. The Balaban J connectivity index is 2.63. The summed E-state index contributed by atoms with van der Waals surface area (Å²) in [5, 5.41) is 0. The van der Waals surface area contributed by atoms with E-state index in [0.717, 1.165) is 20.3 Å². The number of aryl methyl sites for hydroxylation is 2. The summed E-state index contributed by atoms with van der Waals surface area (Å²) >= 11 is 7.01. The summed E-state index contributed by atoms with van der Waals surface area (Å²) in [4.78, 5) is 4.38. The first-order chi connectivity index (χ1) is 7.09. The molecule has 0 N–H and O–H groups in total. The molecule has 0 spiro atoms. The predicted octanol–water partition coefficient (Wildman–Crippen LogP) is 3.92. The quantitative estimate of drug-likeness (QED) is 0.775. The molecular weight excluding hydrogens is 320 g/mol. The average molecular weight is 330 g/mol. The molecule has 0 aliphatic heterocycles. The Morgan fingerprint density at radius 1 is 1.27 bits per heavy atom. The summed E-state index contributed by atoms with van der Waals surface area (Å²) < 4.78 is 4.03. The first-order valence-corrected chi connectivity index (χ1v) is 6.11. The molecule has 0 unspecified atom stereocenters. The van der Waals surface area contributed by atoms with Gasteiger partial charge in [0.1, 0.15) is 10.3 Å². The number of rotatable bonds is 1. The van der Waals surface area contributed by atoms with Crippen LogP contribution in [0.4, 0.5) is 0 Å². The summed E-state index contributed by atoms with van der Waals surface area (Å²) in [6.07, 6.45) is 1.81. The van der Waals surface area contributed by atoms with Crippen LogP contribution in [0, 0.1) is 6.92 Å². The summed E-state index contributed by atoms with van der Waals surface area (Å²) in [7, 11) is 1.97. The summed E-state index contributed by atoms with van der Waals surface area (Å²) in [5.41, 5.74) is 3.35. The van der Waals surface area contributed by atoms with Gasteiger partial charge in [0.05, 0.1) is 6.33 Å². The highest BCUT2D eigenvalue weighted by Crippen LogP contribution is 2.30. The van der Waals surface area contributed by atoms with Crippen LogP contribution in [0.5, 0.6) is 0 Å². The molecule has 15 heavy (non-hydrogen) atoms. The normalized spacial score (nSPS) is 10.7. The number of hydrogen-bond acceptors (Lipinski definition) is 1. The molecule has 1 heterocycles. The van der Waals surface area contributed by atoms with Crippen LogP contribution in [-0.2, 0) is 7.05 Å². The Morgan fingerprint density at radius 3 is 2.60 bits per heavy atom. The third kappa shape index (κ3) is 2.01. The summed E-state index contributed by atoms with van der Waals surface area (Å²) in [5.74, 6) is 0. The molecule has 0 radical (unpaired) electrons. The zero-order chi connectivity index (χ0) is 11.0. The fraction of sp³-hybridized carbons (Fsp3) is 0.182. The number of nitrogens with zero attached hydrogens (tertiary/aromatic N) is 2. The highest BCUT2D eigenvalue weighted by molar-refractivity contribution is 9.10. The molecular formula is C11H10Br2N2. The van der Waals surface area contributed by atoms with Crippen LogP contribution >= 0.6 is 31.9 Å². The van der Waals surface area contributed by atoms with Crippen LogP contribution in [0.15, 0.2) is 33.6 Å². The van der Waals surface area contributed by atoms with E-state index in [0.29, 0.717) is 0 Å². The van der Waals surface area contributed by atoms with E-state index in [-0.39, 0.29) is 0 Å². The molecule has 0 bridgehead atoms. The lowest BCUT2D eigenvalue weighted by Gasteiger charge is -2.04. The molecule has 0 amide bonds. The van der Waals surface area contributed by atoms with Gasteiger partial charge in [-0.15, -0.1) is 0 Å². The Labute approximate surface area is 106 Å². The van der Waals surface area contributed by atoms with Crippen LogP contribution in [0.25, 0.3) is 11.3 Å². The maximum absolute atomic E-state index is 4.38. The van der Waals surface area contributed by atoms with Gasteiger partial charge in [0.25, 0.3) is 0 Å². The molecule has 1 aromatic heterocycles. The Bertz CT molecular complexity index is 503. The van der Waals surface area contributed by atoms with Crippen molar-refractivity contribution in [3.63, 3.8) is 0 Å². The number of hydrogen-bond donors (Lipinski definition) is 0. The SMILES string of the molecule is Cc1ccc(Br)cc1-c1ncn(C)c1Br. The predicted molar refractivity (Wildman–Crippen MR) is 68.8 cm³/mol. The van der Waals surface area contributed by atoms with Gasteiger partial charge < -0.3 is 4.57 Å². The van der Waals surface area contributed by atoms with Crippen LogP contribution < -0.4 is 0 Å². The standard InChI is InChI=1S/C11H10Br2N2/c1-7-3-4-8(12)5-9(7)10-11(13)15(2)6-14-10/h3-6H,1-2H3. The van der Waals surface area contributed by atoms with Gasteiger partial charge in [0.15, 0.2) is 0 Å². The smallest absolute Gasteiger partial charge is 0.112 e. The van der Waals surface area contributed by atoms with Crippen molar-refractivity contribution in [2.24, 2.45) is 7.05 Å². The van der Waals surface area contributed by atoms with Crippen molar-refractivity contribution >= 4 is 31.9 Å². The van der Waals surface area contributed by atoms with E-state index >= 15 is 0 Å². The lowest BCUT2D eigenvalue weighted by molar-refractivity contribution is 0.891. The second kappa shape index (κ2) is 4.10. The molecule has 0 fully saturated rings. The van der Waals surface area contributed by atoms with Crippen LogP contribution in [0.2, 0.25) is 0 Å². The van der Waals surface area contributed by atoms with Gasteiger partial charge >= 0.3 is 0 Å². The van der Waals surface area contributed by atoms with E-state index in [1.54, 1.807) is 6.33 Å². The van der Waals surface area contributed by atoms with E-state index in [4.69, 9.17) is 0 Å². The van der Waals surface area contributed by atoms with Crippen LogP contribution in [0.3, 0.4) is 0 Å². The van der Waals surface area contributed by atoms with Crippen LogP contribution in [0.1, 0.15) is 5.56 Å². The first-order valence-electron chi connectivity index (χ1n) is 4.53. The number of benzene rings is 1. The lowest BCUT2D eigenvalue weighted by Crippen LogP contribution is -1.87. The fourth-order valence-corrected chi connectivity index (χ4v) is 2.21. The Kier molecular flexibility index (Phi) is 2.98. The van der Waals surface area contributed by atoms with E-state index in [1.807, 2.05) is 17.7 Å². The van der Waals surface area contributed by atoms with Crippen molar-refractivity contribution in [3.8, 4) is 11.3 Å². The van der Waals surface area contributed by atoms with Gasteiger partial charge in [-0.2, -0.15) is 0 Å². The minimum atomic E-state index is 0.983. The van der Waals surface area contributed by atoms with Crippen molar-refractivity contribution in [1.29, 1.82) is 0 Å². The Hall–Kier alpha value is -0.610. The highest BCUT2D eigenvalue weighted by Gasteiger charge is 2.10. The van der Waals surface area contributed by atoms with E-state index in [2.05, 4.69) is 55.9 Å². The van der Waals surface area contributed by atoms with Gasteiger partial charge in [0.2, 0.25) is 0 Å². The first kappa shape index (κ1) is 10.9. The van der Waals surface area contributed by atoms with E-state index < -0.39 is 0 Å². The molecule has 0 aliphatic carbocycles. The highest BCUT2D eigenvalue weighted by atomic mass is 79.9. The number of halogens is 2. The fourth-order valence-electron chi connectivity index (χ4n) is 1.45. The topological polar surface area (TPSA) is 17.8 Å². The minimum Gasteiger partial charge on any atom is -0.328 e. The lowest BCUT2D eigenvalue weighted by atomic mass is 10.1. The van der Waals surface area contributed by atoms with Crippen molar-refractivity contribution < 1.29 is 0 Å². The molecule has 2 rings (SSSR count). The average Bonchev–Trinajstić information content (AvgIpc) is 2.52. The maximum atomic E-state index is 4.38. The monoisotopic (exact) mass is 328 g/mol. The zero-order valence-corrected chi connectivity index (χ0v) is 11.6. The largest absolute Gasteiger partial charge is 0.328 e. The van der Waals surface area contributed by atoms with Crippen LogP contribution in [-0.4, -0.2) is 9.55 Å². The van der Waals surface area contributed by atoms with Gasteiger partial charge in [-0.05, 0) is 40.5 Å². The molecule has 0 saturated heterocycles. The molecule has 4 heteroatoms. The van der Waals surface area contributed by atoms with E-state index in [9.17, 15) is 0 Å². The van der Waals surface area contributed by atoms with Gasteiger partial charge in [-0.1, -0.05) is 22.0 Å². The molecule has 1 aromatic carbocycles. The second-order valence-corrected chi connectivity index (χ2v) is 5.12. The number of aromatic nitrogens is 2. The zero-order valence-electron chi connectivity index (χ0n) is 8.46. The third-order valence-electron chi connectivity index (χ3n) is 2.32. The molecule has 0 saturated carbocycles. The van der Waals surface area contributed by atoms with Crippen molar-refractivity contribution in [1.82, 2.24) is 9.55 Å². The molecule has 2 aromatic rings. The van der Waals surface area contributed by atoms with Gasteiger partial charge in [-0.25, -0.2) is 4.98 Å². The summed E-state index contributed by atoms with van der Waals surface area (Å²) in [6, 6.07) is 6.21. The number of imidazole rings is 1. The van der Waals surface area contributed by atoms with Gasteiger partial charge in [-0.3, -0.25) is 0 Å². The molecule has 0 atom stereocenters. The second-order valence-electron chi connectivity index (χ2n) is 3.45. The van der Waals surface area contributed by atoms with Crippen molar-refractivity contribution in [2.45, 2.75) is 6.92 Å². The van der Waals surface area contributed by atoms with Gasteiger partial charge in [0, 0.05) is 17.1 Å². The molecule has 0 aliphatic rings. The van der Waals surface area contributed by atoms with Crippen molar-refractivity contribution in [2.75, 3.05) is 0 Å². The third-order valence-corrected chi connectivity index (χ3v) is 3.75.